The number of hydrogen-bond donors (Lipinski definition) is 2. The van der Waals surface area contributed by atoms with Crippen LogP contribution in [0.3, 0.4) is 0 Å². The van der Waals surface area contributed by atoms with Crippen LogP contribution in [0, 0.1) is 10.1 Å². The van der Waals surface area contributed by atoms with E-state index in [0.29, 0.717) is 17.1 Å². The van der Waals surface area contributed by atoms with E-state index in [9.17, 15) is 14.9 Å². The van der Waals surface area contributed by atoms with Gasteiger partial charge in [0.05, 0.1) is 4.92 Å². The number of nitrogens with two attached hydrogens (primary N) is 1. The van der Waals surface area contributed by atoms with Crippen molar-refractivity contribution in [3.63, 3.8) is 0 Å². The predicted octanol–water partition coefficient (Wildman–Crippen LogP) is 1.87. The Hall–Kier alpha value is -1.60. The van der Waals surface area contributed by atoms with Gasteiger partial charge in [-0.05, 0) is 12.5 Å². The van der Waals surface area contributed by atoms with Gasteiger partial charge in [-0.15, -0.1) is 0 Å². The molecule has 1 rings (SSSR count). The first-order valence-electron chi connectivity index (χ1n) is 5.26. The van der Waals surface area contributed by atoms with E-state index in [1.165, 1.54) is 23.9 Å². The molecule has 7 heteroatoms. The van der Waals surface area contributed by atoms with Gasteiger partial charge in [-0.1, -0.05) is 12.1 Å². The normalized spacial score (nSPS) is 12.1. The first-order chi connectivity index (χ1) is 8.43. The molecule has 0 heterocycles. The van der Waals surface area contributed by atoms with Crippen LogP contribution in [-0.4, -0.2) is 27.8 Å². The fraction of sp³-hybridized carbons (Fsp3) is 0.364. The number of benzene rings is 1. The summed E-state index contributed by atoms with van der Waals surface area (Å²) < 4.78 is 0. The minimum absolute atomic E-state index is 0.00183. The molecule has 0 bridgehead atoms. The Morgan fingerprint density at radius 2 is 2.28 bits per heavy atom. The molecule has 0 fully saturated rings. The van der Waals surface area contributed by atoms with Crippen molar-refractivity contribution in [2.45, 2.75) is 18.7 Å². The maximum absolute atomic E-state index is 11.1. The van der Waals surface area contributed by atoms with Crippen molar-refractivity contribution in [3.8, 4) is 0 Å². The molecule has 0 saturated heterocycles. The van der Waals surface area contributed by atoms with E-state index < -0.39 is 10.9 Å². The highest BCUT2D eigenvalue weighted by Crippen LogP contribution is 2.25. The lowest BCUT2D eigenvalue weighted by Gasteiger charge is -2.08. The summed E-state index contributed by atoms with van der Waals surface area (Å²) in [6.45, 7) is 1.85. The van der Waals surface area contributed by atoms with Crippen LogP contribution >= 0.6 is 11.8 Å². The Morgan fingerprint density at radius 1 is 1.61 bits per heavy atom. The van der Waals surface area contributed by atoms with Crippen molar-refractivity contribution in [2.24, 2.45) is 5.73 Å². The Balaban J connectivity index is 3.00. The van der Waals surface area contributed by atoms with Gasteiger partial charge in [0.2, 0.25) is 0 Å². The molecule has 0 aromatic heterocycles. The number of carbonyl (C=O) groups is 1. The average Bonchev–Trinajstić information content (AvgIpc) is 2.27. The van der Waals surface area contributed by atoms with E-state index in [1.54, 1.807) is 6.07 Å². The van der Waals surface area contributed by atoms with Gasteiger partial charge in [0.15, 0.2) is 0 Å². The third-order valence-corrected chi connectivity index (χ3v) is 3.45. The van der Waals surface area contributed by atoms with Gasteiger partial charge >= 0.3 is 5.97 Å². The van der Waals surface area contributed by atoms with E-state index >= 15 is 0 Å². The van der Waals surface area contributed by atoms with E-state index in [0.717, 1.165) is 0 Å². The van der Waals surface area contributed by atoms with Crippen molar-refractivity contribution in [2.75, 3.05) is 5.75 Å². The first kappa shape index (κ1) is 14.5. The summed E-state index contributed by atoms with van der Waals surface area (Å²) in [5.41, 5.74) is 5.42. The summed E-state index contributed by atoms with van der Waals surface area (Å²) in [5.74, 6) is -0.217. The van der Waals surface area contributed by atoms with Crippen molar-refractivity contribution in [1.82, 2.24) is 0 Å². The predicted molar refractivity (Wildman–Crippen MR) is 69.9 cm³/mol. The lowest BCUT2D eigenvalue weighted by molar-refractivity contribution is -0.385. The Bertz CT molecular complexity index is 462. The number of carboxylic acids is 1. The second-order valence-corrected chi connectivity index (χ2v) is 4.90. The molecule has 0 spiro atoms. The number of hydrogen-bond acceptors (Lipinski definition) is 5. The number of nitro benzene ring substituents is 1. The zero-order valence-corrected chi connectivity index (χ0v) is 10.6. The number of thioether (sulfide) groups is 1. The maximum atomic E-state index is 11.1. The van der Waals surface area contributed by atoms with E-state index in [4.69, 9.17) is 10.8 Å². The quantitative estimate of drug-likeness (QED) is 0.603. The van der Waals surface area contributed by atoms with Crippen LogP contribution in [0.5, 0.6) is 0 Å². The number of nitro groups is 1. The molecular formula is C11H14N2O4S. The van der Waals surface area contributed by atoms with Gasteiger partial charge in [0, 0.05) is 23.6 Å². The van der Waals surface area contributed by atoms with Gasteiger partial charge in [-0.25, -0.2) is 4.79 Å². The molecule has 18 heavy (non-hydrogen) atoms. The maximum Gasteiger partial charge on any atom is 0.343 e. The van der Waals surface area contributed by atoms with Crippen LogP contribution < -0.4 is 5.73 Å². The number of carboxylic acid groups (broad SMARTS) is 1. The van der Waals surface area contributed by atoms with Crippen LogP contribution in [0.25, 0.3) is 0 Å². The molecule has 98 valence electrons. The van der Waals surface area contributed by atoms with Gasteiger partial charge in [-0.3, -0.25) is 10.1 Å². The van der Waals surface area contributed by atoms with Gasteiger partial charge in [0.1, 0.15) is 5.56 Å². The molecule has 1 atom stereocenters. The number of aromatic carboxylic acids is 1. The standard InChI is InChI=1S/C11H14N2O4S/c1-7(12)5-18-6-8-3-2-4-9(13(16)17)10(8)11(14)15/h2-4,7H,5-6,12H2,1H3,(H,14,15). The van der Waals surface area contributed by atoms with Crippen LogP contribution in [0.2, 0.25) is 0 Å². The topological polar surface area (TPSA) is 106 Å². The monoisotopic (exact) mass is 270 g/mol. The van der Waals surface area contributed by atoms with Crippen LogP contribution in [0.4, 0.5) is 5.69 Å². The molecule has 3 N–H and O–H groups in total. The van der Waals surface area contributed by atoms with E-state index in [-0.39, 0.29) is 17.3 Å². The van der Waals surface area contributed by atoms with Crippen LogP contribution in [-0.2, 0) is 5.75 Å². The Kier molecular flexibility index (Phi) is 5.11. The molecule has 1 aromatic rings. The van der Waals surface area contributed by atoms with E-state index in [2.05, 4.69) is 0 Å². The third-order valence-electron chi connectivity index (χ3n) is 2.18. The highest BCUT2D eigenvalue weighted by Gasteiger charge is 2.23. The molecule has 1 aromatic carbocycles. The number of nitrogens with zero attached hydrogens (tertiary/aromatic N) is 1. The largest absolute Gasteiger partial charge is 0.477 e. The molecule has 0 saturated carbocycles. The fourth-order valence-electron chi connectivity index (χ4n) is 1.46. The highest BCUT2D eigenvalue weighted by molar-refractivity contribution is 7.98. The third kappa shape index (κ3) is 3.71. The summed E-state index contributed by atoms with van der Waals surface area (Å²) in [6, 6.07) is 4.28. The molecule has 0 aliphatic heterocycles. The van der Waals surface area contributed by atoms with Gasteiger partial charge in [0.25, 0.3) is 5.69 Å². The summed E-state index contributed by atoms with van der Waals surface area (Å²) in [7, 11) is 0. The molecule has 0 amide bonds. The molecule has 0 radical (unpaired) electrons. The average molecular weight is 270 g/mol. The molecule has 0 aliphatic rings. The van der Waals surface area contributed by atoms with Crippen molar-refractivity contribution >= 4 is 23.4 Å². The summed E-state index contributed by atoms with van der Waals surface area (Å²) in [5, 5.41) is 19.8. The van der Waals surface area contributed by atoms with Crippen LogP contribution in [0.15, 0.2) is 18.2 Å². The summed E-state index contributed by atoms with van der Waals surface area (Å²) in [4.78, 5) is 21.2. The highest BCUT2D eigenvalue weighted by atomic mass is 32.2. The van der Waals surface area contributed by atoms with Gasteiger partial charge in [-0.2, -0.15) is 11.8 Å². The minimum atomic E-state index is -1.28. The summed E-state index contributed by atoms with van der Waals surface area (Å²) in [6.07, 6.45) is 0. The van der Waals surface area contributed by atoms with Crippen molar-refractivity contribution in [3.05, 3.63) is 39.4 Å². The molecule has 1 unspecified atom stereocenters. The van der Waals surface area contributed by atoms with E-state index in [1.807, 2.05) is 6.92 Å². The first-order valence-corrected chi connectivity index (χ1v) is 6.42. The van der Waals surface area contributed by atoms with Gasteiger partial charge < -0.3 is 10.8 Å². The summed E-state index contributed by atoms with van der Waals surface area (Å²) >= 11 is 1.46. The Labute approximate surface area is 108 Å². The fourth-order valence-corrected chi connectivity index (χ4v) is 2.41. The van der Waals surface area contributed by atoms with Crippen molar-refractivity contribution < 1.29 is 14.8 Å². The second-order valence-electron chi connectivity index (χ2n) is 3.87. The second kappa shape index (κ2) is 6.36. The SMILES string of the molecule is CC(N)CSCc1cccc([N+](=O)[O-])c1C(=O)O. The Morgan fingerprint density at radius 3 is 2.78 bits per heavy atom. The lowest BCUT2D eigenvalue weighted by atomic mass is 10.1. The zero-order valence-electron chi connectivity index (χ0n) is 9.83. The van der Waals surface area contributed by atoms with Crippen molar-refractivity contribution in [1.29, 1.82) is 0 Å². The molecule has 0 aliphatic carbocycles. The molecular weight excluding hydrogens is 256 g/mol. The molecule has 6 nitrogen and oxygen atoms in total. The van der Waals surface area contributed by atoms with Crippen LogP contribution in [0.1, 0.15) is 22.8 Å². The number of rotatable bonds is 6. The smallest absolute Gasteiger partial charge is 0.343 e. The zero-order chi connectivity index (χ0) is 13.7. The minimum Gasteiger partial charge on any atom is -0.477 e. The lowest BCUT2D eigenvalue weighted by Crippen LogP contribution is -2.17.